The first-order valence-electron chi connectivity index (χ1n) is 5.38. The number of carboxylic acids is 1. The van der Waals surface area contributed by atoms with Gasteiger partial charge in [0, 0.05) is 16.3 Å². The average molecular weight is 265 g/mol. The first kappa shape index (κ1) is 12.6. The lowest BCUT2D eigenvalue weighted by molar-refractivity contribution is 0.0697. The van der Waals surface area contributed by atoms with Crippen molar-refractivity contribution in [2.45, 2.75) is 13.5 Å². The quantitative estimate of drug-likeness (QED) is 0.889. The third-order valence-electron chi connectivity index (χ3n) is 2.46. The molecule has 0 atom stereocenters. The van der Waals surface area contributed by atoms with E-state index < -0.39 is 11.8 Å². The monoisotopic (exact) mass is 265 g/mol. The number of nitrogens with one attached hydrogen (secondary N) is 1. The highest BCUT2D eigenvalue weighted by atomic mass is 32.1. The Labute approximate surface area is 108 Å². The van der Waals surface area contributed by atoms with Crippen LogP contribution in [-0.4, -0.2) is 11.1 Å². The molecule has 0 spiro atoms. The molecule has 2 aromatic rings. The SMILES string of the molecule is Cc1ccc(CNc2cc(C(=O)O)ccc2F)s1. The molecule has 0 aliphatic heterocycles. The van der Waals surface area contributed by atoms with Crippen molar-refractivity contribution < 1.29 is 14.3 Å². The van der Waals surface area contributed by atoms with E-state index in [0.29, 0.717) is 6.54 Å². The molecule has 0 saturated carbocycles. The topological polar surface area (TPSA) is 49.3 Å². The zero-order valence-corrected chi connectivity index (χ0v) is 10.6. The van der Waals surface area contributed by atoms with Crippen molar-refractivity contribution in [1.29, 1.82) is 0 Å². The van der Waals surface area contributed by atoms with Gasteiger partial charge < -0.3 is 10.4 Å². The van der Waals surface area contributed by atoms with Crippen molar-refractivity contribution in [2.75, 3.05) is 5.32 Å². The second-order valence-electron chi connectivity index (χ2n) is 3.87. The first-order chi connectivity index (χ1) is 8.56. The molecule has 0 radical (unpaired) electrons. The summed E-state index contributed by atoms with van der Waals surface area (Å²) in [6, 6.07) is 7.67. The van der Waals surface area contributed by atoms with Crippen molar-refractivity contribution in [2.24, 2.45) is 0 Å². The van der Waals surface area contributed by atoms with Crippen LogP contribution in [0.25, 0.3) is 0 Å². The first-order valence-corrected chi connectivity index (χ1v) is 6.20. The summed E-state index contributed by atoms with van der Waals surface area (Å²) in [6.07, 6.45) is 0. The molecular weight excluding hydrogens is 253 g/mol. The third-order valence-corrected chi connectivity index (χ3v) is 3.46. The molecule has 0 bridgehead atoms. The summed E-state index contributed by atoms with van der Waals surface area (Å²) in [5.41, 5.74) is 0.280. The fourth-order valence-corrected chi connectivity index (χ4v) is 2.39. The van der Waals surface area contributed by atoms with Gasteiger partial charge in [0.25, 0.3) is 0 Å². The van der Waals surface area contributed by atoms with Gasteiger partial charge in [0.1, 0.15) is 5.82 Å². The van der Waals surface area contributed by atoms with Crippen molar-refractivity contribution >= 4 is 23.0 Å². The second kappa shape index (κ2) is 5.18. The minimum Gasteiger partial charge on any atom is -0.478 e. The number of halogens is 1. The number of hydrogen-bond donors (Lipinski definition) is 2. The highest BCUT2D eigenvalue weighted by Gasteiger charge is 2.08. The van der Waals surface area contributed by atoms with Crippen LogP contribution < -0.4 is 5.32 Å². The number of aryl methyl sites for hydroxylation is 1. The Bertz CT molecular complexity index is 580. The van der Waals surface area contributed by atoms with Gasteiger partial charge in [-0.1, -0.05) is 0 Å². The summed E-state index contributed by atoms with van der Waals surface area (Å²) in [4.78, 5) is 13.1. The summed E-state index contributed by atoms with van der Waals surface area (Å²) in [5, 5.41) is 11.8. The van der Waals surface area contributed by atoms with Crippen molar-refractivity contribution in [3.63, 3.8) is 0 Å². The maximum atomic E-state index is 13.5. The highest BCUT2D eigenvalue weighted by molar-refractivity contribution is 7.11. The van der Waals surface area contributed by atoms with Gasteiger partial charge in [0.05, 0.1) is 11.3 Å². The van der Waals surface area contributed by atoms with E-state index in [1.807, 2.05) is 19.1 Å². The van der Waals surface area contributed by atoms with E-state index in [1.54, 1.807) is 11.3 Å². The van der Waals surface area contributed by atoms with Crippen LogP contribution in [0.15, 0.2) is 30.3 Å². The lowest BCUT2D eigenvalue weighted by Gasteiger charge is -2.07. The van der Waals surface area contributed by atoms with E-state index in [4.69, 9.17) is 5.11 Å². The molecule has 2 rings (SSSR count). The number of hydrogen-bond acceptors (Lipinski definition) is 3. The predicted molar refractivity (Wildman–Crippen MR) is 69.7 cm³/mol. The van der Waals surface area contributed by atoms with Crippen molar-refractivity contribution in [3.8, 4) is 0 Å². The number of aromatic carboxylic acids is 1. The highest BCUT2D eigenvalue weighted by Crippen LogP contribution is 2.20. The van der Waals surface area contributed by atoms with E-state index in [0.717, 1.165) is 10.9 Å². The van der Waals surface area contributed by atoms with Crippen LogP contribution in [0, 0.1) is 12.7 Å². The summed E-state index contributed by atoms with van der Waals surface area (Å²) in [7, 11) is 0. The van der Waals surface area contributed by atoms with Crippen LogP contribution in [-0.2, 0) is 6.54 Å². The van der Waals surface area contributed by atoms with E-state index in [1.165, 1.54) is 17.0 Å². The smallest absolute Gasteiger partial charge is 0.335 e. The molecular formula is C13H12FNO2S. The molecule has 2 N–H and O–H groups in total. The Morgan fingerprint density at radius 3 is 2.78 bits per heavy atom. The lowest BCUT2D eigenvalue weighted by Crippen LogP contribution is -2.03. The van der Waals surface area contributed by atoms with Gasteiger partial charge in [-0.2, -0.15) is 0 Å². The number of carbonyl (C=O) groups is 1. The van der Waals surface area contributed by atoms with Crippen molar-refractivity contribution in [1.82, 2.24) is 0 Å². The standard InChI is InChI=1S/C13H12FNO2S/c1-8-2-4-10(18-8)7-15-12-6-9(13(16)17)3-5-11(12)14/h2-6,15H,7H2,1H3,(H,16,17). The average Bonchev–Trinajstić information content (AvgIpc) is 2.74. The van der Waals surface area contributed by atoms with Gasteiger partial charge in [-0.25, -0.2) is 9.18 Å². The minimum absolute atomic E-state index is 0.0706. The Hall–Kier alpha value is -1.88. The zero-order chi connectivity index (χ0) is 13.1. The van der Waals surface area contributed by atoms with Crippen LogP contribution in [0.5, 0.6) is 0 Å². The van der Waals surface area contributed by atoms with Crippen LogP contribution in [0.2, 0.25) is 0 Å². The Kier molecular flexibility index (Phi) is 3.62. The van der Waals surface area contributed by atoms with Crippen LogP contribution in [0.4, 0.5) is 10.1 Å². The van der Waals surface area contributed by atoms with Crippen LogP contribution >= 0.6 is 11.3 Å². The van der Waals surface area contributed by atoms with E-state index >= 15 is 0 Å². The second-order valence-corrected chi connectivity index (χ2v) is 5.24. The fourth-order valence-electron chi connectivity index (χ4n) is 1.56. The molecule has 3 nitrogen and oxygen atoms in total. The molecule has 0 aliphatic carbocycles. The third kappa shape index (κ3) is 2.87. The van der Waals surface area contributed by atoms with Gasteiger partial charge in [0.15, 0.2) is 0 Å². The van der Waals surface area contributed by atoms with Gasteiger partial charge in [0.2, 0.25) is 0 Å². The fraction of sp³-hybridized carbons (Fsp3) is 0.154. The molecule has 1 aromatic heterocycles. The number of carboxylic acid groups (broad SMARTS) is 1. The number of benzene rings is 1. The summed E-state index contributed by atoms with van der Waals surface area (Å²) in [5.74, 6) is -1.52. The molecule has 0 fully saturated rings. The number of thiophene rings is 1. The summed E-state index contributed by atoms with van der Waals surface area (Å²) < 4.78 is 13.5. The summed E-state index contributed by atoms with van der Waals surface area (Å²) in [6.45, 7) is 2.48. The Morgan fingerprint density at radius 2 is 2.17 bits per heavy atom. The molecule has 1 heterocycles. The maximum Gasteiger partial charge on any atom is 0.335 e. The van der Waals surface area contributed by atoms with Crippen molar-refractivity contribution in [3.05, 3.63) is 51.5 Å². The summed E-state index contributed by atoms with van der Waals surface area (Å²) >= 11 is 1.62. The van der Waals surface area contributed by atoms with Gasteiger partial charge >= 0.3 is 5.97 Å². The van der Waals surface area contributed by atoms with E-state index in [-0.39, 0.29) is 11.3 Å². The Balaban J connectivity index is 2.13. The molecule has 5 heteroatoms. The normalized spacial score (nSPS) is 10.3. The van der Waals surface area contributed by atoms with E-state index in [9.17, 15) is 9.18 Å². The molecule has 1 aromatic carbocycles. The lowest BCUT2D eigenvalue weighted by atomic mass is 10.2. The van der Waals surface area contributed by atoms with Gasteiger partial charge in [-0.15, -0.1) is 11.3 Å². The zero-order valence-electron chi connectivity index (χ0n) is 9.74. The predicted octanol–water partition coefficient (Wildman–Crippen LogP) is 3.51. The van der Waals surface area contributed by atoms with Crippen LogP contribution in [0.1, 0.15) is 20.1 Å². The number of anilines is 1. The molecule has 18 heavy (non-hydrogen) atoms. The molecule has 0 aliphatic rings. The number of rotatable bonds is 4. The largest absolute Gasteiger partial charge is 0.478 e. The van der Waals surface area contributed by atoms with Gasteiger partial charge in [-0.3, -0.25) is 0 Å². The molecule has 0 amide bonds. The van der Waals surface area contributed by atoms with Gasteiger partial charge in [-0.05, 0) is 37.3 Å². The van der Waals surface area contributed by atoms with Crippen LogP contribution in [0.3, 0.4) is 0 Å². The molecule has 0 saturated heterocycles. The molecule has 0 unspecified atom stereocenters. The Morgan fingerprint density at radius 1 is 1.39 bits per heavy atom. The minimum atomic E-state index is -1.06. The maximum absolute atomic E-state index is 13.5. The molecule has 94 valence electrons. The van der Waals surface area contributed by atoms with E-state index in [2.05, 4.69) is 5.32 Å².